The van der Waals surface area contributed by atoms with Crippen LogP contribution in [0, 0.1) is 6.92 Å². The fourth-order valence-corrected chi connectivity index (χ4v) is 4.60. The zero-order chi connectivity index (χ0) is 24.4. The molecule has 0 saturated carbocycles. The van der Waals surface area contributed by atoms with Gasteiger partial charge in [-0.1, -0.05) is 65.3 Å². The molecule has 0 bridgehead atoms. The maximum absolute atomic E-state index is 5.84. The van der Waals surface area contributed by atoms with E-state index in [-0.39, 0.29) is 6.04 Å². The predicted octanol–water partition coefficient (Wildman–Crippen LogP) is 6.31. The highest BCUT2D eigenvalue weighted by Gasteiger charge is 2.34. The summed E-state index contributed by atoms with van der Waals surface area (Å²) in [6.45, 7) is 6.69. The van der Waals surface area contributed by atoms with Gasteiger partial charge in [-0.15, -0.1) is 0 Å². The van der Waals surface area contributed by atoms with Crippen molar-refractivity contribution < 1.29 is 9.26 Å². The minimum absolute atomic E-state index is 0.230. The van der Waals surface area contributed by atoms with E-state index in [9.17, 15) is 0 Å². The molecule has 0 saturated heterocycles. The van der Waals surface area contributed by atoms with Crippen LogP contribution in [0.15, 0.2) is 89.1 Å². The maximum atomic E-state index is 5.84. The predicted molar refractivity (Wildman–Crippen MR) is 142 cm³/mol. The van der Waals surface area contributed by atoms with Gasteiger partial charge in [0.1, 0.15) is 5.75 Å². The van der Waals surface area contributed by atoms with Gasteiger partial charge < -0.3 is 14.6 Å². The van der Waals surface area contributed by atoms with Crippen LogP contribution in [-0.2, 0) is 0 Å². The number of nitrogens with one attached hydrogen (secondary N) is 1. The molecule has 2 heterocycles. The molecule has 4 aromatic rings. The molecule has 3 aromatic carbocycles. The highest BCUT2D eigenvalue weighted by Crippen LogP contribution is 2.39. The summed E-state index contributed by atoms with van der Waals surface area (Å²) in [5, 5.41) is 8.38. The van der Waals surface area contributed by atoms with Gasteiger partial charge in [0.05, 0.1) is 18.2 Å². The third-order valence-electron chi connectivity index (χ3n) is 5.99. The summed E-state index contributed by atoms with van der Waals surface area (Å²) >= 11 is 5.84. The zero-order valence-corrected chi connectivity index (χ0v) is 20.7. The van der Waals surface area contributed by atoms with E-state index in [1.165, 1.54) is 5.56 Å². The standard InChI is InChI=1S/C28H26N4O2S/c1-4-33-23-16-14-22(15-17-23)32-19(3)24(25(29-28(32)35)20-12-10-18(2)11-13-20)27-30-26(31-34-27)21-8-6-5-7-9-21/h5-17,25H,4H2,1-3H3,(H,29,35). The van der Waals surface area contributed by atoms with Crippen LogP contribution in [0.2, 0.25) is 0 Å². The van der Waals surface area contributed by atoms with Crippen LogP contribution >= 0.6 is 12.2 Å². The highest BCUT2D eigenvalue weighted by molar-refractivity contribution is 7.80. The summed E-state index contributed by atoms with van der Waals surface area (Å²) in [6, 6.07) is 25.8. The summed E-state index contributed by atoms with van der Waals surface area (Å²) in [7, 11) is 0. The van der Waals surface area contributed by atoms with E-state index in [4.69, 9.17) is 26.5 Å². The van der Waals surface area contributed by atoms with Gasteiger partial charge in [-0.2, -0.15) is 4.98 Å². The smallest absolute Gasteiger partial charge is 0.258 e. The number of benzene rings is 3. The topological polar surface area (TPSA) is 63.4 Å². The lowest BCUT2D eigenvalue weighted by Gasteiger charge is -2.37. The van der Waals surface area contributed by atoms with Crippen molar-refractivity contribution in [1.82, 2.24) is 15.5 Å². The molecule has 35 heavy (non-hydrogen) atoms. The minimum atomic E-state index is -0.230. The van der Waals surface area contributed by atoms with Crippen molar-refractivity contribution in [3.63, 3.8) is 0 Å². The molecule has 1 unspecified atom stereocenters. The van der Waals surface area contributed by atoms with Crippen LogP contribution in [0.25, 0.3) is 17.0 Å². The average Bonchev–Trinajstić information content (AvgIpc) is 3.36. The molecule has 0 amide bonds. The lowest BCUT2D eigenvalue weighted by molar-refractivity contribution is 0.340. The molecular weight excluding hydrogens is 456 g/mol. The molecular formula is C28H26N4O2S. The lowest BCUT2D eigenvalue weighted by Crippen LogP contribution is -2.46. The number of anilines is 1. The third kappa shape index (κ3) is 4.55. The Morgan fingerprint density at radius 1 is 0.971 bits per heavy atom. The molecule has 0 spiro atoms. The van der Waals surface area contributed by atoms with Gasteiger partial charge in [-0.3, -0.25) is 4.90 Å². The van der Waals surface area contributed by atoms with E-state index >= 15 is 0 Å². The summed E-state index contributed by atoms with van der Waals surface area (Å²) in [6.07, 6.45) is 0. The molecule has 5 rings (SSSR count). The lowest BCUT2D eigenvalue weighted by atomic mass is 9.94. The molecule has 1 atom stereocenters. The van der Waals surface area contributed by atoms with Crippen LogP contribution in [0.4, 0.5) is 5.69 Å². The van der Waals surface area contributed by atoms with Gasteiger partial charge >= 0.3 is 0 Å². The van der Waals surface area contributed by atoms with Gasteiger partial charge in [0.15, 0.2) is 5.11 Å². The molecule has 1 N–H and O–H groups in total. The van der Waals surface area contributed by atoms with Crippen LogP contribution in [0.1, 0.15) is 36.9 Å². The Balaban J connectivity index is 1.62. The summed E-state index contributed by atoms with van der Waals surface area (Å²) in [5.41, 5.74) is 5.88. The number of rotatable bonds is 6. The molecule has 1 aromatic heterocycles. The number of allylic oxidation sites excluding steroid dienone is 1. The highest BCUT2D eigenvalue weighted by atomic mass is 32.1. The van der Waals surface area contributed by atoms with Crippen molar-refractivity contribution in [1.29, 1.82) is 0 Å². The summed E-state index contributed by atoms with van der Waals surface area (Å²) < 4.78 is 11.4. The van der Waals surface area contributed by atoms with Crippen molar-refractivity contribution in [2.24, 2.45) is 0 Å². The van der Waals surface area contributed by atoms with Gasteiger partial charge in [0, 0.05) is 16.9 Å². The summed E-state index contributed by atoms with van der Waals surface area (Å²) in [5.74, 6) is 1.82. The van der Waals surface area contributed by atoms with Crippen molar-refractivity contribution >= 4 is 28.6 Å². The summed E-state index contributed by atoms with van der Waals surface area (Å²) in [4.78, 5) is 6.77. The molecule has 0 aliphatic carbocycles. The van der Waals surface area contributed by atoms with Gasteiger partial charge in [-0.05, 0) is 62.8 Å². The van der Waals surface area contributed by atoms with E-state index in [2.05, 4.69) is 41.7 Å². The Kier molecular flexibility index (Phi) is 6.33. The fourth-order valence-electron chi connectivity index (χ4n) is 4.24. The van der Waals surface area contributed by atoms with Gasteiger partial charge in [0.25, 0.3) is 5.89 Å². The van der Waals surface area contributed by atoms with E-state index in [1.54, 1.807) is 0 Å². The Bertz CT molecular complexity index is 1360. The molecule has 1 aliphatic rings. The second-order valence-electron chi connectivity index (χ2n) is 8.34. The minimum Gasteiger partial charge on any atom is -0.494 e. The normalized spacial score (nSPS) is 15.8. The zero-order valence-electron chi connectivity index (χ0n) is 19.9. The molecule has 0 radical (unpaired) electrons. The number of aromatic nitrogens is 2. The number of thiocarbonyl (C=S) groups is 1. The number of hydrogen-bond donors (Lipinski definition) is 1. The monoisotopic (exact) mass is 482 g/mol. The van der Waals surface area contributed by atoms with E-state index in [0.717, 1.165) is 33.8 Å². The van der Waals surface area contributed by atoms with Crippen molar-refractivity contribution in [2.45, 2.75) is 26.8 Å². The maximum Gasteiger partial charge on any atom is 0.258 e. The first-order valence-corrected chi connectivity index (χ1v) is 12.0. The van der Waals surface area contributed by atoms with Crippen molar-refractivity contribution in [3.05, 3.63) is 102 Å². The van der Waals surface area contributed by atoms with E-state index < -0.39 is 0 Å². The first kappa shape index (κ1) is 22.8. The SMILES string of the molecule is CCOc1ccc(N2C(=S)NC(c3ccc(C)cc3)C(c3nc(-c4ccccc4)no3)=C2C)cc1. The second kappa shape index (κ2) is 9.72. The van der Waals surface area contributed by atoms with Crippen LogP contribution in [0.3, 0.4) is 0 Å². The second-order valence-corrected chi connectivity index (χ2v) is 8.73. The Hall–Kier alpha value is -3.97. The third-order valence-corrected chi connectivity index (χ3v) is 6.29. The Morgan fingerprint density at radius 2 is 1.69 bits per heavy atom. The molecule has 176 valence electrons. The van der Waals surface area contributed by atoms with Gasteiger partial charge in [-0.25, -0.2) is 0 Å². The van der Waals surface area contributed by atoms with Gasteiger partial charge in [0.2, 0.25) is 5.82 Å². The molecule has 1 aliphatic heterocycles. The first-order chi connectivity index (χ1) is 17.0. The molecule has 6 nitrogen and oxygen atoms in total. The fraction of sp³-hybridized carbons (Fsp3) is 0.179. The van der Waals surface area contributed by atoms with Crippen molar-refractivity contribution in [2.75, 3.05) is 11.5 Å². The van der Waals surface area contributed by atoms with Crippen molar-refractivity contribution in [3.8, 4) is 17.1 Å². The number of hydrogen-bond acceptors (Lipinski definition) is 5. The average molecular weight is 483 g/mol. The van der Waals surface area contributed by atoms with E-state index in [0.29, 0.717) is 23.4 Å². The van der Waals surface area contributed by atoms with Crippen LogP contribution in [0.5, 0.6) is 5.75 Å². The van der Waals surface area contributed by atoms with Crippen LogP contribution < -0.4 is 15.0 Å². The largest absolute Gasteiger partial charge is 0.494 e. The quantitative estimate of drug-likeness (QED) is 0.323. The number of aryl methyl sites for hydroxylation is 1. The Morgan fingerprint density at radius 3 is 2.37 bits per heavy atom. The molecule has 7 heteroatoms. The first-order valence-electron chi connectivity index (χ1n) is 11.6. The molecule has 0 fully saturated rings. The van der Waals surface area contributed by atoms with E-state index in [1.807, 2.05) is 73.3 Å². The Labute approximate surface area is 210 Å². The number of ether oxygens (including phenoxy) is 1. The van der Waals surface area contributed by atoms with Crippen LogP contribution in [-0.4, -0.2) is 21.9 Å². The number of nitrogens with zero attached hydrogens (tertiary/aromatic N) is 3.